The Morgan fingerprint density at radius 3 is 1.35 bits per heavy atom. The van der Waals surface area contributed by atoms with Crippen LogP contribution < -0.4 is 11.5 Å². The highest BCUT2D eigenvalue weighted by molar-refractivity contribution is 5.70. The van der Waals surface area contributed by atoms with Crippen LogP contribution in [0, 0.1) is 23.7 Å². The van der Waals surface area contributed by atoms with Crippen LogP contribution in [0.1, 0.15) is 66.2 Å². The Balaban J connectivity index is 3.76. The van der Waals surface area contributed by atoms with Gasteiger partial charge in [0, 0.05) is 12.8 Å². The van der Waals surface area contributed by atoms with Crippen LogP contribution in [0.5, 0.6) is 0 Å². The fourth-order valence-electron chi connectivity index (χ4n) is 3.02. The normalized spacial score (nSPS) is 13.7. The van der Waals surface area contributed by atoms with Crippen molar-refractivity contribution in [3.05, 3.63) is 0 Å². The molecule has 0 radical (unpaired) electrons. The highest BCUT2D eigenvalue weighted by Crippen LogP contribution is 2.16. The lowest BCUT2D eigenvalue weighted by molar-refractivity contribution is -0.147. The zero-order valence-corrected chi connectivity index (χ0v) is 17.2. The smallest absolute Gasteiger partial charge is 0.306 e. The van der Waals surface area contributed by atoms with Gasteiger partial charge in [-0.05, 0) is 62.4 Å². The molecule has 4 N–H and O–H groups in total. The molecule has 0 unspecified atom stereocenters. The Morgan fingerprint density at radius 1 is 0.731 bits per heavy atom. The third kappa shape index (κ3) is 14.1. The van der Waals surface area contributed by atoms with Gasteiger partial charge >= 0.3 is 11.9 Å². The van der Waals surface area contributed by atoms with Crippen molar-refractivity contribution in [2.75, 3.05) is 26.3 Å². The van der Waals surface area contributed by atoms with E-state index in [0.29, 0.717) is 63.8 Å². The largest absolute Gasteiger partial charge is 0.466 e. The van der Waals surface area contributed by atoms with Gasteiger partial charge in [0.2, 0.25) is 0 Å². The summed E-state index contributed by atoms with van der Waals surface area (Å²) in [6.07, 6.45) is 3.98. The minimum Gasteiger partial charge on any atom is -0.466 e. The van der Waals surface area contributed by atoms with Crippen LogP contribution >= 0.6 is 0 Å². The summed E-state index contributed by atoms with van der Waals surface area (Å²) in [5.41, 5.74) is 11.4. The minimum absolute atomic E-state index is 0.185. The highest BCUT2D eigenvalue weighted by atomic mass is 16.5. The molecule has 154 valence electrons. The zero-order chi connectivity index (χ0) is 19.9. The molecule has 0 rings (SSSR count). The molecule has 0 aliphatic heterocycles. The first-order valence-electron chi connectivity index (χ1n) is 9.99. The standard InChI is InChI=1S/C20H40N2O4/c1-15(2)9-17(13-21)11-19(23)25-7-5-6-8-26-20(24)12-18(14-22)10-16(3)4/h15-18H,5-14,21-22H2,1-4H3/t17-,18-/m0/s1. The van der Waals surface area contributed by atoms with E-state index in [2.05, 4.69) is 27.7 Å². The van der Waals surface area contributed by atoms with Crippen LogP contribution in [0.25, 0.3) is 0 Å². The van der Waals surface area contributed by atoms with Crippen molar-refractivity contribution in [1.82, 2.24) is 0 Å². The van der Waals surface area contributed by atoms with E-state index in [-0.39, 0.29) is 23.8 Å². The molecule has 0 heterocycles. The average Bonchev–Trinajstić information content (AvgIpc) is 2.55. The lowest BCUT2D eigenvalue weighted by Gasteiger charge is -2.16. The van der Waals surface area contributed by atoms with Crippen LogP contribution in [0.4, 0.5) is 0 Å². The van der Waals surface area contributed by atoms with Gasteiger partial charge in [0.15, 0.2) is 0 Å². The summed E-state index contributed by atoms with van der Waals surface area (Å²) in [4.78, 5) is 23.6. The fraction of sp³-hybridized carbons (Fsp3) is 0.900. The van der Waals surface area contributed by atoms with Gasteiger partial charge in [0.1, 0.15) is 0 Å². The molecule has 0 fully saturated rings. The summed E-state index contributed by atoms with van der Waals surface area (Å²) < 4.78 is 10.5. The molecule has 0 saturated carbocycles. The summed E-state index contributed by atoms with van der Waals surface area (Å²) in [5.74, 6) is 1.01. The first-order chi connectivity index (χ1) is 12.3. The first kappa shape index (κ1) is 24.9. The number of ether oxygens (including phenoxy) is 2. The maximum Gasteiger partial charge on any atom is 0.306 e. The number of carbonyl (C=O) groups is 2. The summed E-state index contributed by atoms with van der Waals surface area (Å²) in [6.45, 7) is 10.2. The predicted molar refractivity (Wildman–Crippen MR) is 104 cm³/mol. The lowest BCUT2D eigenvalue weighted by atomic mass is 9.94. The monoisotopic (exact) mass is 372 g/mol. The minimum atomic E-state index is -0.197. The quantitative estimate of drug-likeness (QED) is 0.338. The average molecular weight is 373 g/mol. The van der Waals surface area contributed by atoms with Gasteiger partial charge in [0.05, 0.1) is 13.2 Å². The van der Waals surface area contributed by atoms with Crippen LogP contribution in [0.15, 0.2) is 0 Å². The van der Waals surface area contributed by atoms with E-state index in [1.165, 1.54) is 0 Å². The van der Waals surface area contributed by atoms with Crippen molar-refractivity contribution in [1.29, 1.82) is 0 Å². The first-order valence-corrected chi connectivity index (χ1v) is 9.99. The van der Waals surface area contributed by atoms with Gasteiger partial charge in [-0.1, -0.05) is 27.7 Å². The van der Waals surface area contributed by atoms with Gasteiger partial charge in [-0.25, -0.2) is 0 Å². The molecule has 2 atom stereocenters. The number of esters is 2. The Bertz CT molecular complexity index is 350. The summed E-state index contributed by atoms with van der Waals surface area (Å²) in [5, 5.41) is 0. The third-order valence-electron chi connectivity index (χ3n) is 4.25. The van der Waals surface area contributed by atoms with Gasteiger partial charge in [-0.3, -0.25) is 9.59 Å². The summed E-state index contributed by atoms with van der Waals surface area (Å²) >= 11 is 0. The van der Waals surface area contributed by atoms with E-state index >= 15 is 0 Å². The Labute approximate surface area is 159 Å². The summed E-state index contributed by atoms with van der Waals surface area (Å²) in [7, 11) is 0. The Kier molecular flexibility index (Phi) is 14.3. The van der Waals surface area contributed by atoms with Crippen molar-refractivity contribution in [3.8, 4) is 0 Å². The summed E-state index contributed by atoms with van der Waals surface area (Å²) in [6, 6.07) is 0. The fourth-order valence-corrected chi connectivity index (χ4v) is 3.02. The Morgan fingerprint density at radius 2 is 1.08 bits per heavy atom. The molecule has 0 saturated heterocycles. The van der Waals surface area contributed by atoms with Crippen LogP contribution in [0.3, 0.4) is 0 Å². The van der Waals surface area contributed by atoms with Crippen molar-refractivity contribution in [2.24, 2.45) is 35.1 Å². The van der Waals surface area contributed by atoms with E-state index in [1.54, 1.807) is 0 Å². The molecule has 26 heavy (non-hydrogen) atoms. The molecule has 0 aromatic rings. The van der Waals surface area contributed by atoms with E-state index in [0.717, 1.165) is 12.8 Å². The second kappa shape index (κ2) is 15.0. The van der Waals surface area contributed by atoms with Crippen molar-refractivity contribution >= 4 is 11.9 Å². The molecular weight excluding hydrogens is 332 g/mol. The molecule has 0 amide bonds. The number of rotatable bonds is 15. The van der Waals surface area contributed by atoms with E-state index in [9.17, 15) is 9.59 Å². The number of carbonyl (C=O) groups excluding carboxylic acids is 2. The predicted octanol–water partition coefficient (Wildman–Crippen LogP) is 2.88. The second-order valence-corrected chi connectivity index (χ2v) is 8.02. The topological polar surface area (TPSA) is 105 Å². The van der Waals surface area contributed by atoms with Gasteiger partial charge < -0.3 is 20.9 Å². The van der Waals surface area contributed by atoms with Crippen molar-refractivity contribution < 1.29 is 19.1 Å². The van der Waals surface area contributed by atoms with Crippen LogP contribution in [0.2, 0.25) is 0 Å². The SMILES string of the molecule is CC(C)C[C@H](CN)CC(=O)OCCCCOC(=O)C[C@@H](CN)CC(C)C. The maximum absolute atomic E-state index is 11.8. The lowest BCUT2D eigenvalue weighted by Crippen LogP contribution is -2.22. The molecule has 0 aliphatic rings. The molecule has 0 aliphatic carbocycles. The van der Waals surface area contributed by atoms with Gasteiger partial charge in [-0.15, -0.1) is 0 Å². The molecule has 0 spiro atoms. The zero-order valence-electron chi connectivity index (χ0n) is 17.2. The van der Waals surface area contributed by atoms with Gasteiger partial charge in [-0.2, -0.15) is 0 Å². The van der Waals surface area contributed by atoms with E-state index in [4.69, 9.17) is 20.9 Å². The number of nitrogens with two attached hydrogens (primary N) is 2. The molecule has 6 nitrogen and oxygen atoms in total. The molecule has 0 aromatic heterocycles. The van der Waals surface area contributed by atoms with Crippen molar-refractivity contribution in [3.63, 3.8) is 0 Å². The number of hydrogen-bond donors (Lipinski definition) is 2. The number of unbranched alkanes of at least 4 members (excludes halogenated alkanes) is 1. The van der Waals surface area contributed by atoms with Crippen LogP contribution in [-0.2, 0) is 19.1 Å². The third-order valence-corrected chi connectivity index (χ3v) is 4.25. The van der Waals surface area contributed by atoms with Gasteiger partial charge in [0.25, 0.3) is 0 Å². The van der Waals surface area contributed by atoms with Crippen molar-refractivity contribution in [2.45, 2.75) is 66.2 Å². The molecule has 0 bridgehead atoms. The van der Waals surface area contributed by atoms with E-state index in [1.807, 2.05) is 0 Å². The second-order valence-electron chi connectivity index (χ2n) is 8.02. The molecular formula is C20H40N2O4. The molecule has 6 heteroatoms. The Hall–Kier alpha value is -1.14. The maximum atomic E-state index is 11.8. The number of hydrogen-bond acceptors (Lipinski definition) is 6. The van der Waals surface area contributed by atoms with Crippen LogP contribution in [-0.4, -0.2) is 38.2 Å². The van der Waals surface area contributed by atoms with E-state index < -0.39 is 0 Å². The highest BCUT2D eigenvalue weighted by Gasteiger charge is 2.16. The molecule has 0 aromatic carbocycles.